The minimum atomic E-state index is -0.914. The normalized spacial score (nSPS) is 22.2. The molecule has 1 aliphatic rings. The van der Waals surface area contributed by atoms with Crippen LogP contribution >= 0.6 is 11.6 Å². The minimum absolute atomic E-state index is 0.128. The predicted molar refractivity (Wildman–Crippen MR) is 73.5 cm³/mol. The smallest absolute Gasteiger partial charge is 0.307 e. The van der Waals surface area contributed by atoms with Gasteiger partial charge < -0.3 is 5.11 Å². The molecule has 0 saturated heterocycles. The van der Waals surface area contributed by atoms with Gasteiger partial charge in [-0.1, -0.05) is 29.8 Å². The van der Waals surface area contributed by atoms with Crippen molar-refractivity contribution in [1.82, 2.24) is 0 Å². The summed E-state index contributed by atoms with van der Waals surface area (Å²) in [5.74, 6) is -2.19. The Morgan fingerprint density at radius 1 is 1.21 bits per heavy atom. The van der Waals surface area contributed by atoms with Gasteiger partial charge in [-0.25, -0.2) is 0 Å². The van der Waals surface area contributed by atoms with Crippen LogP contribution in [0.3, 0.4) is 0 Å². The minimum Gasteiger partial charge on any atom is -0.481 e. The van der Waals surface area contributed by atoms with E-state index in [0.717, 1.165) is 5.56 Å². The molecule has 1 N–H and O–H groups in total. The lowest BCUT2D eigenvalue weighted by Gasteiger charge is -2.24. The van der Waals surface area contributed by atoms with Gasteiger partial charge >= 0.3 is 5.97 Å². The summed E-state index contributed by atoms with van der Waals surface area (Å²) in [5.41, 5.74) is 1.35. The summed E-state index contributed by atoms with van der Waals surface area (Å²) >= 11 is 5.92. The van der Waals surface area contributed by atoms with Gasteiger partial charge in [0.05, 0.1) is 5.92 Å². The van der Waals surface area contributed by atoms with Crippen LogP contribution in [0.4, 0.5) is 0 Å². The fraction of sp³-hybridized carbons (Fsp3) is 0.333. The molecule has 0 radical (unpaired) electrons. The van der Waals surface area contributed by atoms with Gasteiger partial charge in [0.15, 0.2) is 5.78 Å². The number of carbonyl (C=O) groups is 2. The first kappa shape index (κ1) is 13.8. The highest BCUT2D eigenvalue weighted by molar-refractivity contribution is 6.31. The molecule has 0 fully saturated rings. The van der Waals surface area contributed by atoms with Crippen LogP contribution in [0.1, 0.15) is 28.8 Å². The molecule has 0 heterocycles. The van der Waals surface area contributed by atoms with Gasteiger partial charge in [0.1, 0.15) is 0 Å². The van der Waals surface area contributed by atoms with Crippen LogP contribution in [0, 0.1) is 18.8 Å². The lowest BCUT2D eigenvalue weighted by Crippen LogP contribution is -2.31. The Bertz CT molecular complexity index is 548. The van der Waals surface area contributed by atoms with Crippen LogP contribution in [0.15, 0.2) is 30.4 Å². The van der Waals surface area contributed by atoms with E-state index in [9.17, 15) is 14.7 Å². The van der Waals surface area contributed by atoms with Gasteiger partial charge in [-0.3, -0.25) is 9.59 Å². The molecule has 1 aromatic carbocycles. The summed E-state index contributed by atoms with van der Waals surface area (Å²) in [5, 5.41) is 9.71. The van der Waals surface area contributed by atoms with E-state index in [0.29, 0.717) is 23.4 Å². The SMILES string of the molecule is Cc1ccc(Cl)cc1C(=O)C1CC=CCC1C(=O)O. The zero-order chi connectivity index (χ0) is 14.0. The summed E-state index contributed by atoms with van der Waals surface area (Å²) in [6.07, 6.45) is 4.59. The Morgan fingerprint density at radius 2 is 1.84 bits per heavy atom. The number of ketones is 1. The van der Waals surface area contributed by atoms with Gasteiger partial charge in [-0.05, 0) is 37.5 Å². The highest BCUT2D eigenvalue weighted by Gasteiger charge is 2.34. The van der Waals surface area contributed by atoms with Crippen LogP contribution in [0.25, 0.3) is 0 Å². The quantitative estimate of drug-likeness (QED) is 0.680. The Labute approximate surface area is 116 Å². The molecular formula is C15H15ClO3. The van der Waals surface area contributed by atoms with Crippen LogP contribution in [-0.2, 0) is 4.79 Å². The number of halogens is 1. The molecule has 0 saturated carbocycles. The molecule has 2 atom stereocenters. The van der Waals surface area contributed by atoms with E-state index >= 15 is 0 Å². The van der Waals surface area contributed by atoms with Gasteiger partial charge in [0.25, 0.3) is 0 Å². The average molecular weight is 279 g/mol. The maximum Gasteiger partial charge on any atom is 0.307 e. The van der Waals surface area contributed by atoms with E-state index in [1.165, 1.54) is 0 Å². The third-order valence-corrected chi connectivity index (χ3v) is 3.79. The van der Waals surface area contributed by atoms with Gasteiger partial charge in [0.2, 0.25) is 0 Å². The molecule has 2 rings (SSSR count). The van der Waals surface area contributed by atoms with E-state index in [1.54, 1.807) is 18.2 Å². The summed E-state index contributed by atoms with van der Waals surface area (Å²) in [6.45, 7) is 1.83. The van der Waals surface area contributed by atoms with Crippen LogP contribution in [0.2, 0.25) is 5.02 Å². The number of benzene rings is 1. The van der Waals surface area contributed by atoms with Crippen LogP contribution < -0.4 is 0 Å². The Kier molecular flexibility index (Phi) is 4.05. The number of carboxylic acid groups (broad SMARTS) is 1. The van der Waals surface area contributed by atoms with Crippen LogP contribution in [0.5, 0.6) is 0 Å². The van der Waals surface area contributed by atoms with Crippen molar-refractivity contribution in [3.63, 3.8) is 0 Å². The Balaban J connectivity index is 2.34. The molecule has 2 unspecified atom stereocenters. The molecule has 0 bridgehead atoms. The largest absolute Gasteiger partial charge is 0.481 e. The number of carbonyl (C=O) groups excluding carboxylic acids is 1. The Hall–Kier alpha value is -1.61. The second-order valence-electron chi connectivity index (χ2n) is 4.82. The topological polar surface area (TPSA) is 54.4 Å². The monoisotopic (exact) mass is 278 g/mol. The molecule has 1 aliphatic carbocycles. The van der Waals surface area contributed by atoms with E-state index in [1.807, 2.05) is 19.1 Å². The molecule has 0 aromatic heterocycles. The maximum absolute atomic E-state index is 12.5. The molecule has 0 amide bonds. The van der Waals surface area contributed by atoms with Crippen molar-refractivity contribution in [3.8, 4) is 0 Å². The molecule has 0 aliphatic heterocycles. The van der Waals surface area contributed by atoms with Crippen molar-refractivity contribution in [1.29, 1.82) is 0 Å². The number of hydrogen-bond donors (Lipinski definition) is 1. The number of Topliss-reactive ketones (excluding diaryl/α,β-unsaturated/α-hetero) is 1. The number of aliphatic carboxylic acids is 1. The second kappa shape index (κ2) is 5.57. The van der Waals surface area contributed by atoms with Crippen molar-refractivity contribution in [2.75, 3.05) is 0 Å². The average Bonchev–Trinajstić information content (AvgIpc) is 2.40. The number of hydrogen-bond acceptors (Lipinski definition) is 2. The van der Waals surface area contributed by atoms with Crippen molar-refractivity contribution in [2.45, 2.75) is 19.8 Å². The molecule has 100 valence electrons. The summed E-state index contributed by atoms with van der Waals surface area (Å²) in [6, 6.07) is 5.13. The third-order valence-electron chi connectivity index (χ3n) is 3.55. The maximum atomic E-state index is 12.5. The van der Waals surface area contributed by atoms with Gasteiger partial charge in [-0.15, -0.1) is 0 Å². The van der Waals surface area contributed by atoms with Crippen molar-refractivity contribution in [2.24, 2.45) is 11.8 Å². The second-order valence-corrected chi connectivity index (χ2v) is 5.25. The highest BCUT2D eigenvalue weighted by atomic mass is 35.5. The van der Waals surface area contributed by atoms with E-state index in [2.05, 4.69) is 0 Å². The van der Waals surface area contributed by atoms with E-state index in [4.69, 9.17) is 11.6 Å². The van der Waals surface area contributed by atoms with Gasteiger partial charge in [0, 0.05) is 16.5 Å². The number of carboxylic acids is 1. The van der Waals surface area contributed by atoms with E-state index < -0.39 is 17.8 Å². The third kappa shape index (κ3) is 2.87. The molecule has 4 heteroatoms. The molecule has 0 spiro atoms. The van der Waals surface area contributed by atoms with Crippen molar-refractivity contribution >= 4 is 23.4 Å². The number of rotatable bonds is 3. The lowest BCUT2D eigenvalue weighted by molar-refractivity contribution is -0.143. The molecule has 1 aromatic rings. The first-order chi connectivity index (χ1) is 9.00. The fourth-order valence-corrected chi connectivity index (χ4v) is 2.61. The zero-order valence-electron chi connectivity index (χ0n) is 10.6. The summed E-state index contributed by atoms with van der Waals surface area (Å²) < 4.78 is 0. The fourth-order valence-electron chi connectivity index (χ4n) is 2.44. The first-order valence-electron chi connectivity index (χ1n) is 6.19. The highest BCUT2D eigenvalue weighted by Crippen LogP contribution is 2.30. The summed E-state index contributed by atoms with van der Waals surface area (Å²) in [4.78, 5) is 23.8. The molecule has 3 nitrogen and oxygen atoms in total. The van der Waals surface area contributed by atoms with Crippen molar-refractivity contribution < 1.29 is 14.7 Å². The van der Waals surface area contributed by atoms with E-state index in [-0.39, 0.29) is 5.78 Å². The Morgan fingerprint density at radius 3 is 2.47 bits per heavy atom. The van der Waals surface area contributed by atoms with Crippen molar-refractivity contribution in [3.05, 3.63) is 46.5 Å². The zero-order valence-corrected chi connectivity index (χ0v) is 11.4. The molecular weight excluding hydrogens is 264 g/mol. The number of allylic oxidation sites excluding steroid dienone is 2. The molecule has 19 heavy (non-hydrogen) atoms. The lowest BCUT2D eigenvalue weighted by atomic mass is 9.78. The number of aryl methyl sites for hydroxylation is 1. The van der Waals surface area contributed by atoms with Gasteiger partial charge in [-0.2, -0.15) is 0 Å². The van der Waals surface area contributed by atoms with Crippen LogP contribution in [-0.4, -0.2) is 16.9 Å². The standard InChI is InChI=1S/C15H15ClO3/c1-9-6-7-10(16)8-13(9)14(17)11-4-2-3-5-12(11)15(18)19/h2-3,6-8,11-12H,4-5H2,1H3,(H,18,19). The first-order valence-corrected chi connectivity index (χ1v) is 6.56. The summed E-state index contributed by atoms with van der Waals surface area (Å²) in [7, 11) is 0. The predicted octanol–water partition coefficient (Wildman–Crippen LogP) is 3.50.